The smallest absolute Gasteiger partial charge is 0.00744 e. The van der Waals surface area contributed by atoms with E-state index in [0.717, 1.165) is 32.1 Å². The van der Waals surface area contributed by atoms with E-state index in [9.17, 15) is 0 Å². The molecule has 14 aromatic carbocycles. The van der Waals surface area contributed by atoms with Gasteiger partial charge in [-0.25, -0.2) is 0 Å². The van der Waals surface area contributed by atoms with Crippen LogP contribution in [0.15, 0.2) is 181 Å². The molecule has 0 amide bonds. The Balaban J connectivity index is 1.07. The molecule has 3 aliphatic carbocycles. The van der Waals surface area contributed by atoms with Gasteiger partial charge in [-0.15, -0.1) is 0 Å². The molecule has 0 heterocycles. The minimum atomic E-state index is -0.0623. The molecular weight excluding hydrogens is 1300 g/mol. The molecular formula is C108H114. The quantitative estimate of drug-likeness (QED) is 0.122. The summed E-state index contributed by atoms with van der Waals surface area (Å²) in [5.41, 5.74) is 27.7. The number of fused-ring (bicyclic) bond motifs is 14. The molecule has 0 fully saturated rings. The second-order valence-electron chi connectivity index (χ2n) is 41.7. The summed E-state index contributed by atoms with van der Waals surface area (Å²) in [6.45, 7) is 57.2. The Hall–Kier alpha value is -9.10. The Labute approximate surface area is 644 Å². The maximum absolute atomic E-state index is 2.75. The lowest BCUT2D eigenvalue weighted by atomic mass is 9.71. The highest BCUT2D eigenvalue weighted by atomic mass is 14.4. The summed E-state index contributed by atoms with van der Waals surface area (Å²) in [7, 11) is 0. The Bertz CT molecular complexity index is 6360. The highest BCUT2D eigenvalue weighted by Crippen LogP contribution is 2.53. The molecule has 0 N–H and O–H groups in total. The van der Waals surface area contributed by atoms with E-state index in [2.05, 4.69) is 354 Å². The predicted molar refractivity (Wildman–Crippen MR) is 477 cm³/mol. The van der Waals surface area contributed by atoms with Crippen molar-refractivity contribution in [1.82, 2.24) is 0 Å². The maximum Gasteiger partial charge on any atom is 0.00744 e. The van der Waals surface area contributed by atoms with Crippen LogP contribution in [0.1, 0.15) is 252 Å². The van der Waals surface area contributed by atoms with Gasteiger partial charge in [0.2, 0.25) is 0 Å². The molecule has 0 aromatic heterocycles. The Kier molecular flexibility index (Phi) is 16.1. The van der Waals surface area contributed by atoms with Crippen LogP contribution in [0.4, 0.5) is 0 Å². The third-order valence-electron chi connectivity index (χ3n) is 25.8. The van der Waals surface area contributed by atoms with Gasteiger partial charge in [0.25, 0.3) is 0 Å². The van der Waals surface area contributed by atoms with E-state index in [0.29, 0.717) is 0 Å². The molecule has 0 bridgehead atoms. The van der Waals surface area contributed by atoms with E-state index in [1.54, 1.807) is 22.3 Å². The van der Waals surface area contributed by atoms with Crippen LogP contribution in [-0.4, -0.2) is 0 Å². The normalized spacial score (nSPS) is 15.7. The first kappa shape index (κ1) is 71.8. The van der Waals surface area contributed by atoms with Gasteiger partial charge < -0.3 is 0 Å². The standard InChI is InChI=1S/C108H114/c1-101(2,3)71-25-33-79-65(45-71)49-87(91-57-75(105(13,14)15)29-37-83(79)91)61-41-69-42-62(88-50-66-46-72(102(4,5)6)26-34-80(66)84-38-30-76(58-92(84)88)106(16,17)18)55-97-98-56-64(90-52-68-48-74(104(10,11)12)28-36-82(68)86-40-32-78(60-94(86)90)108(22,23)24)44-70-43-63(54-96(100(70)98)95(53-61)99(69)97)89-51-67-47-73(103(7,8)9)27-35-81(67)85-39-31-77(59-93(85)89)107(19,20)21/h25-27,29-31,33-35,37-39,41-52,54-61H,28,32,36,40,53H2,1-24H3. The Morgan fingerprint density at radius 3 is 1.09 bits per heavy atom. The van der Waals surface area contributed by atoms with Crippen LogP contribution in [-0.2, 0) is 51.8 Å². The fourth-order valence-corrected chi connectivity index (χ4v) is 19.1. The fraction of sp³-hybridized carbons (Fsp3) is 0.352. The third-order valence-corrected chi connectivity index (χ3v) is 25.8. The van der Waals surface area contributed by atoms with Crippen LogP contribution in [0.5, 0.6) is 0 Å². The van der Waals surface area contributed by atoms with E-state index in [1.165, 1.54) is 191 Å². The topological polar surface area (TPSA) is 0 Å². The number of rotatable bonds is 4. The molecule has 0 aliphatic heterocycles. The molecule has 1 unspecified atom stereocenters. The monoisotopic (exact) mass is 1410 g/mol. The molecule has 14 aromatic rings. The summed E-state index contributed by atoms with van der Waals surface area (Å²) >= 11 is 0. The van der Waals surface area contributed by atoms with Gasteiger partial charge in [-0.05, 0) is 351 Å². The van der Waals surface area contributed by atoms with Crippen molar-refractivity contribution in [3.8, 4) is 33.4 Å². The molecule has 0 spiro atoms. The summed E-state index contributed by atoms with van der Waals surface area (Å²) in [4.78, 5) is 0. The van der Waals surface area contributed by atoms with E-state index >= 15 is 0 Å². The van der Waals surface area contributed by atoms with Gasteiger partial charge in [0.15, 0.2) is 0 Å². The van der Waals surface area contributed by atoms with Crippen molar-refractivity contribution in [2.75, 3.05) is 0 Å². The van der Waals surface area contributed by atoms with Gasteiger partial charge in [0.05, 0.1) is 0 Å². The summed E-state index contributed by atoms with van der Waals surface area (Å²) in [6, 6.07) is 70.6. The molecule has 546 valence electrons. The molecule has 108 heavy (non-hydrogen) atoms. The molecule has 0 radical (unpaired) electrons. The first-order valence-electron chi connectivity index (χ1n) is 40.7. The fourth-order valence-electron chi connectivity index (χ4n) is 19.1. The Morgan fingerprint density at radius 1 is 0.250 bits per heavy atom. The summed E-state index contributed by atoms with van der Waals surface area (Å²) < 4.78 is 0. The van der Waals surface area contributed by atoms with E-state index < -0.39 is 0 Å². The molecule has 0 heteroatoms. The van der Waals surface area contributed by atoms with Crippen molar-refractivity contribution < 1.29 is 0 Å². The van der Waals surface area contributed by atoms with Crippen molar-refractivity contribution in [2.24, 2.45) is 10.8 Å². The van der Waals surface area contributed by atoms with Crippen molar-refractivity contribution in [1.29, 1.82) is 0 Å². The summed E-state index contributed by atoms with van der Waals surface area (Å²) in [5, 5.41) is 25.1. The lowest BCUT2D eigenvalue weighted by molar-refractivity contribution is 0.480. The van der Waals surface area contributed by atoms with Crippen molar-refractivity contribution in [2.45, 2.75) is 237 Å². The number of hydrogen-bond donors (Lipinski definition) is 0. The molecule has 0 saturated carbocycles. The van der Waals surface area contributed by atoms with Crippen molar-refractivity contribution in [3.63, 3.8) is 0 Å². The summed E-state index contributed by atoms with van der Waals surface area (Å²) in [6.07, 6.45) is 13.2. The van der Waals surface area contributed by atoms with Crippen LogP contribution in [0.2, 0.25) is 0 Å². The third kappa shape index (κ3) is 12.1. The highest BCUT2D eigenvalue weighted by Gasteiger charge is 2.33. The second-order valence-corrected chi connectivity index (χ2v) is 41.7. The molecule has 0 nitrogen and oxygen atoms in total. The zero-order chi connectivity index (χ0) is 76.5. The van der Waals surface area contributed by atoms with Gasteiger partial charge in [-0.2, -0.15) is 0 Å². The molecule has 17 rings (SSSR count). The van der Waals surface area contributed by atoms with Gasteiger partial charge in [0, 0.05) is 5.92 Å². The van der Waals surface area contributed by atoms with Crippen LogP contribution in [0.3, 0.4) is 0 Å². The van der Waals surface area contributed by atoms with E-state index in [-0.39, 0.29) is 49.2 Å². The van der Waals surface area contributed by atoms with Gasteiger partial charge >= 0.3 is 0 Å². The summed E-state index contributed by atoms with van der Waals surface area (Å²) in [5.74, 6) is 0.0363. The van der Waals surface area contributed by atoms with Gasteiger partial charge in [-0.3, -0.25) is 0 Å². The largest absolute Gasteiger partial charge is 0.0687 e. The maximum atomic E-state index is 2.75. The highest BCUT2D eigenvalue weighted by molar-refractivity contribution is 6.27. The lowest BCUT2D eigenvalue weighted by Gasteiger charge is -2.33. The zero-order valence-electron chi connectivity index (χ0n) is 69.5. The Morgan fingerprint density at radius 2 is 0.630 bits per heavy atom. The number of hydrogen-bond acceptors (Lipinski definition) is 0. The average Bonchev–Trinajstić information content (AvgIpc) is 0.697. The second kappa shape index (κ2) is 24.2. The van der Waals surface area contributed by atoms with Crippen LogP contribution in [0, 0.1) is 10.8 Å². The number of allylic oxidation sites excluding steroid dienone is 2. The number of benzene rings is 14. The predicted octanol–water partition coefficient (Wildman–Crippen LogP) is 30.4. The molecule has 0 saturated heterocycles. The lowest BCUT2D eigenvalue weighted by Crippen LogP contribution is -2.18. The van der Waals surface area contributed by atoms with Crippen molar-refractivity contribution >= 4 is 115 Å². The zero-order valence-corrected chi connectivity index (χ0v) is 69.5. The van der Waals surface area contributed by atoms with Crippen LogP contribution < -0.4 is 5.22 Å². The average molecular weight is 1410 g/mol. The van der Waals surface area contributed by atoms with Gasteiger partial charge in [-0.1, -0.05) is 293 Å². The molecule has 1 atom stereocenters. The SMILES string of the molecule is CC(C)(C)C1=Cc2cc(-c3cc4cc(-c5cc6cc(C(C)(C)C)ccc6c6ccc(C(C)(C)C)cc56)cc5c6c7c(cc(-c8cc9cc(C(C)(C)C)ccc9c9ccc(C(C)(C)C)cc89)cc7c(c3)c45)=CC(c3cc4cc(C(C)(C)C)ccc4c4ccc(C(C)(C)C)cc34)C6)c3c(c2CC1)CCC(C(C)(C)C)=C3. The van der Waals surface area contributed by atoms with Crippen LogP contribution >= 0.6 is 0 Å². The minimum Gasteiger partial charge on any atom is -0.0687 e. The van der Waals surface area contributed by atoms with Crippen LogP contribution in [0.25, 0.3) is 149 Å². The minimum absolute atomic E-state index is 0.0175. The van der Waals surface area contributed by atoms with Gasteiger partial charge in [0.1, 0.15) is 0 Å². The van der Waals surface area contributed by atoms with E-state index in [1.807, 2.05) is 0 Å². The molecule has 3 aliphatic rings. The first-order chi connectivity index (χ1) is 50.5. The van der Waals surface area contributed by atoms with Crippen molar-refractivity contribution in [3.05, 3.63) is 253 Å². The van der Waals surface area contributed by atoms with E-state index in [4.69, 9.17) is 0 Å². The first-order valence-corrected chi connectivity index (χ1v) is 40.7.